The molecule has 1 aliphatic heterocycles. The van der Waals surface area contributed by atoms with E-state index in [1.54, 1.807) is 0 Å². The second kappa shape index (κ2) is 8.06. The third-order valence-corrected chi connectivity index (χ3v) is 3.79. The van der Waals surface area contributed by atoms with Crippen LogP contribution < -0.4 is 5.32 Å². The number of methoxy groups -OCH3 is 1. The number of ether oxygens (including phenoxy) is 1. The van der Waals surface area contributed by atoms with E-state index in [9.17, 15) is 0 Å². The van der Waals surface area contributed by atoms with Gasteiger partial charge >= 0.3 is 0 Å². The Balaban J connectivity index is 2.48. The number of likely N-dealkylation sites (N-methyl/N-ethyl adjacent to an activating group) is 1. The quantitative estimate of drug-likeness (QED) is 0.739. The van der Waals surface area contributed by atoms with Gasteiger partial charge in [0.1, 0.15) is 0 Å². The van der Waals surface area contributed by atoms with Crippen molar-refractivity contribution in [2.24, 2.45) is 11.8 Å². The minimum atomic E-state index is 0.676. The fourth-order valence-electron chi connectivity index (χ4n) is 2.85. The molecule has 17 heavy (non-hydrogen) atoms. The zero-order chi connectivity index (χ0) is 12.7. The predicted octanol–water partition coefficient (Wildman–Crippen LogP) is 1.98. The van der Waals surface area contributed by atoms with Crippen LogP contribution in [0.15, 0.2) is 0 Å². The van der Waals surface area contributed by atoms with Crippen molar-refractivity contribution in [3.63, 3.8) is 0 Å². The molecule has 1 aliphatic rings. The molecule has 1 N–H and O–H groups in total. The molecule has 1 saturated heterocycles. The number of likely N-dealkylation sites (tertiary alicyclic amines) is 1. The van der Waals surface area contributed by atoms with Crippen LogP contribution in [0.5, 0.6) is 0 Å². The van der Waals surface area contributed by atoms with Crippen LogP contribution in [-0.2, 0) is 4.74 Å². The summed E-state index contributed by atoms with van der Waals surface area (Å²) in [6, 6.07) is 0.676. The van der Waals surface area contributed by atoms with Gasteiger partial charge in [-0.25, -0.2) is 0 Å². The molecule has 1 rings (SSSR count). The second-order valence-corrected chi connectivity index (χ2v) is 5.58. The first kappa shape index (κ1) is 14.9. The molecule has 2 atom stereocenters. The topological polar surface area (TPSA) is 24.5 Å². The van der Waals surface area contributed by atoms with Gasteiger partial charge in [0.15, 0.2) is 0 Å². The van der Waals surface area contributed by atoms with E-state index in [1.807, 2.05) is 7.11 Å². The van der Waals surface area contributed by atoms with Crippen molar-refractivity contribution in [2.45, 2.75) is 39.7 Å². The lowest BCUT2D eigenvalue weighted by Crippen LogP contribution is -2.50. The molecule has 102 valence electrons. The van der Waals surface area contributed by atoms with Crippen molar-refractivity contribution in [3.8, 4) is 0 Å². The zero-order valence-corrected chi connectivity index (χ0v) is 12.0. The fourth-order valence-corrected chi connectivity index (χ4v) is 2.85. The average Bonchev–Trinajstić information content (AvgIpc) is 2.30. The van der Waals surface area contributed by atoms with Crippen molar-refractivity contribution >= 4 is 0 Å². The van der Waals surface area contributed by atoms with Gasteiger partial charge in [-0.15, -0.1) is 0 Å². The molecule has 3 heteroatoms. The van der Waals surface area contributed by atoms with E-state index in [4.69, 9.17) is 4.74 Å². The zero-order valence-electron chi connectivity index (χ0n) is 12.0. The molecule has 0 aromatic heterocycles. The lowest BCUT2D eigenvalue weighted by atomic mass is 9.94. The Kier molecular flexibility index (Phi) is 7.09. The van der Waals surface area contributed by atoms with E-state index in [0.717, 1.165) is 31.5 Å². The van der Waals surface area contributed by atoms with Crippen LogP contribution in [0.2, 0.25) is 0 Å². The maximum atomic E-state index is 5.31. The maximum Gasteiger partial charge on any atom is 0.0502 e. The summed E-state index contributed by atoms with van der Waals surface area (Å²) in [6.07, 6.45) is 2.65. The minimum absolute atomic E-state index is 0.676. The summed E-state index contributed by atoms with van der Waals surface area (Å²) in [5, 5.41) is 3.50. The summed E-state index contributed by atoms with van der Waals surface area (Å²) < 4.78 is 5.31. The SMILES string of the molecule is CCNCC(C(C)C)N1CCCC(COC)C1. The monoisotopic (exact) mass is 242 g/mol. The van der Waals surface area contributed by atoms with Crippen molar-refractivity contribution in [1.82, 2.24) is 10.2 Å². The molecule has 3 nitrogen and oxygen atoms in total. The van der Waals surface area contributed by atoms with Crippen LogP contribution in [0.25, 0.3) is 0 Å². The summed E-state index contributed by atoms with van der Waals surface area (Å²) in [7, 11) is 1.82. The Bertz CT molecular complexity index is 195. The third kappa shape index (κ3) is 4.94. The van der Waals surface area contributed by atoms with E-state index < -0.39 is 0 Å². The molecule has 0 amide bonds. The second-order valence-electron chi connectivity index (χ2n) is 5.58. The fraction of sp³-hybridized carbons (Fsp3) is 1.00. The van der Waals surface area contributed by atoms with Gasteiger partial charge in [-0.1, -0.05) is 20.8 Å². The van der Waals surface area contributed by atoms with E-state index in [-0.39, 0.29) is 0 Å². The molecule has 2 unspecified atom stereocenters. The van der Waals surface area contributed by atoms with Crippen molar-refractivity contribution < 1.29 is 4.74 Å². The summed E-state index contributed by atoms with van der Waals surface area (Å²) in [5.74, 6) is 1.45. The first-order chi connectivity index (χ1) is 8.19. The Labute approximate surface area is 107 Å². The average molecular weight is 242 g/mol. The van der Waals surface area contributed by atoms with Gasteiger partial charge in [0.2, 0.25) is 0 Å². The van der Waals surface area contributed by atoms with Crippen molar-refractivity contribution in [2.75, 3.05) is 39.9 Å². The summed E-state index contributed by atoms with van der Waals surface area (Å²) >= 11 is 0. The highest BCUT2D eigenvalue weighted by atomic mass is 16.5. The van der Waals surface area contributed by atoms with Crippen LogP contribution in [0, 0.1) is 11.8 Å². The van der Waals surface area contributed by atoms with Crippen LogP contribution >= 0.6 is 0 Å². The van der Waals surface area contributed by atoms with Crippen LogP contribution in [0.1, 0.15) is 33.6 Å². The largest absolute Gasteiger partial charge is 0.384 e. The molecule has 0 radical (unpaired) electrons. The first-order valence-electron chi connectivity index (χ1n) is 7.12. The summed E-state index contributed by atoms with van der Waals surface area (Å²) in [5.41, 5.74) is 0. The van der Waals surface area contributed by atoms with Gasteiger partial charge in [-0.2, -0.15) is 0 Å². The Morgan fingerprint density at radius 3 is 2.76 bits per heavy atom. The molecule has 0 aromatic rings. The standard InChI is InChI=1S/C14H30N2O/c1-5-15-9-14(12(2)3)16-8-6-7-13(10-16)11-17-4/h12-15H,5-11H2,1-4H3. The molecule has 1 heterocycles. The lowest BCUT2D eigenvalue weighted by molar-refractivity contribution is 0.0546. The van der Waals surface area contributed by atoms with Crippen molar-refractivity contribution in [1.29, 1.82) is 0 Å². The van der Waals surface area contributed by atoms with Gasteiger partial charge in [0.25, 0.3) is 0 Å². The summed E-state index contributed by atoms with van der Waals surface area (Å²) in [4.78, 5) is 2.67. The maximum absolute atomic E-state index is 5.31. The summed E-state index contributed by atoms with van der Waals surface area (Å²) in [6.45, 7) is 12.4. The smallest absolute Gasteiger partial charge is 0.0502 e. The molecule has 0 aromatic carbocycles. The van der Waals surface area contributed by atoms with Crippen LogP contribution in [0.4, 0.5) is 0 Å². The number of nitrogens with zero attached hydrogens (tertiary/aromatic N) is 1. The van der Waals surface area contributed by atoms with Gasteiger partial charge < -0.3 is 10.1 Å². The molecule has 0 spiro atoms. The van der Waals surface area contributed by atoms with Crippen molar-refractivity contribution in [3.05, 3.63) is 0 Å². The van der Waals surface area contributed by atoms with Gasteiger partial charge in [-0.05, 0) is 37.8 Å². The number of hydrogen-bond donors (Lipinski definition) is 1. The third-order valence-electron chi connectivity index (χ3n) is 3.79. The highest BCUT2D eigenvalue weighted by molar-refractivity contribution is 4.82. The van der Waals surface area contributed by atoms with E-state index in [1.165, 1.54) is 25.9 Å². The molecule has 0 saturated carbocycles. The minimum Gasteiger partial charge on any atom is -0.384 e. The normalized spacial score (nSPS) is 24.2. The number of piperidine rings is 1. The van der Waals surface area contributed by atoms with E-state index >= 15 is 0 Å². The molecule has 1 fully saturated rings. The highest BCUT2D eigenvalue weighted by Gasteiger charge is 2.27. The first-order valence-corrected chi connectivity index (χ1v) is 7.12. The molecular weight excluding hydrogens is 212 g/mol. The van der Waals surface area contributed by atoms with Gasteiger partial charge in [-0.3, -0.25) is 4.90 Å². The van der Waals surface area contributed by atoms with Gasteiger partial charge in [0.05, 0.1) is 6.61 Å². The molecule has 0 aliphatic carbocycles. The van der Waals surface area contributed by atoms with Gasteiger partial charge in [0, 0.05) is 26.2 Å². The van der Waals surface area contributed by atoms with E-state index in [0.29, 0.717) is 6.04 Å². The highest BCUT2D eigenvalue weighted by Crippen LogP contribution is 2.21. The van der Waals surface area contributed by atoms with Crippen LogP contribution in [-0.4, -0.2) is 50.8 Å². The lowest BCUT2D eigenvalue weighted by Gasteiger charge is -2.40. The predicted molar refractivity (Wildman–Crippen MR) is 73.3 cm³/mol. The van der Waals surface area contributed by atoms with E-state index in [2.05, 4.69) is 31.0 Å². The molecule has 0 bridgehead atoms. The number of hydrogen-bond acceptors (Lipinski definition) is 3. The Hall–Kier alpha value is -0.120. The number of nitrogens with one attached hydrogen (secondary N) is 1. The van der Waals surface area contributed by atoms with Crippen LogP contribution in [0.3, 0.4) is 0 Å². The Morgan fingerprint density at radius 2 is 2.18 bits per heavy atom. The molecular formula is C14H30N2O. The Morgan fingerprint density at radius 1 is 1.41 bits per heavy atom. The number of rotatable bonds is 7.